The monoisotopic (exact) mass is 281 g/mol. The first-order valence-electron chi connectivity index (χ1n) is 5.55. The molecule has 0 spiro atoms. The number of rotatable bonds is 1. The number of hydrogen-bond donors (Lipinski definition) is 2. The summed E-state index contributed by atoms with van der Waals surface area (Å²) < 4.78 is 27.2. The standard InChI is InChI=1S/C12H9F2N3OS/c13-8-3-1-2-6(10(8)14)11-7-4-15-17-12(7)16-9(18)5-19-11/h1-4,11H,5H2,(H2,15,16,17,18)/t11-/m0/s1. The molecule has 1 atom stereocenters. The molecule has 1 aromatic heterocycles. The summed E-state index contributed by atoms with van der Waals surface area (Å²) in [4.78, 5) is 11.5. The molecule has 0 aliphatic carbocycles. The van der Waals surface area contributed by atoms with Crippen molar-refractivity contribution in [3.63, 3.8) is 0 Å². The van der Waals surface area contributed by atoms with Crippen LogP contribution in [0.15, 0.2) is 24.4 Å². The molecule has 2 N–H and O–H groups in total. The fourth-order valence-electron chi connectivity index (χ4n) is 2.00. The Morgan fingerprint density at radius 2 is 2.16 bits per heavy atom. The molecule has 1 aliphatic heterocycles. The molecule has 0 radical (unpaired) electrons. The molecule has 2 heterocycles. The zero-order chi connectivity index (χ0) is 13.4. The molecule has 1 amide bonds. The lowest BCUT2D eigenvalue weighted by Crippen LogP contribution is -2.12. The summed E-state index contributed by atoms with van der Waals surface area (Å²) in [6, 6.07) is 4.04. The predicted molar refractivity (Wildman–Crippen MR) is 67.9 cm³/mol. The molecule has 19 heavy (non-hydrogen) atoms. The Balaban J connectivity index is 2.11. The van der Waals surface area contributed by atoms with Crippen LogP contribution < -0.4 is 5.32 Å². The molecule has 7 heteroatoms. The quantitative estimate of drug-likeness (QED) is 0.844. The highest BCUT2D eigenvalue weighted by atomic mass is 32.2. The van der Waals surface area contributed by atoms with Gasteiger partial charge < -0.3 is 5.32 Å². The van der Waals surface area contributed by atoms with Crippen LogP contribution in [0.3, 0.4) is 0 Å². The summed E-state index contributed by atoms with van der Waals surface area (Å²) in [7, 11) is 0. The molecule has 4 nitrogen and oxygen atoms in total. The van der Waals surface area contributed by atoms with Crippen LogP contribution in [-0.4, -0.2) is 21.9 Å². The Morgan fingerprint density at radius 1 is 1.32 bits per heavy atom. The summed E-state index contributed by atoms with van der Waals surface area (Å²) in [6.07, 6.45) is 1.52. The summed E-state index contributed by atoms with van der Waals surface area (Å²) in [5.74, 6) is -1.38. The van der Waals surface area contributed by atoms with Gasteiger partial charge in [-0.1, -0.05) is 12.1 Å². The van der Waals surface area contributed by atoms with Crippen LogP contribution in [0.2, 0.25) is 0 Å². The maximum atomic E-state index is 13.9. The van der Waals surface area contributed by atoms with Gasteiger partial charge in [0.2, 0.25) is 5.91 Å². The number of aromatic amines is 1. The van der Waals surface area contributed by atoms with Crippen molar-refractivity contribution in [3.8, 4) is 0 Å². The number of nitrogens with zero attached hydrogens (tertiary/aromatic N) is 1. The molecule has 2 aromatic rings. The molecule has 0 fully saturated rings. The number of halogens is 2. The topological polar surface area (TPSA) is 57.8 Å². The van der Waals surface area contributed by atoms with E-state index in [0.717, 1.165) is 6.07 Å². The van der Waals surface area contributed by atoms with Gasteiger partial charge in [-0.15, -0.1) is 11.8 Å². The number of hydrogen-bond acceptors (Lipinski definition) is 3. The Morgan fingerprint density at radius 3 is 3.00 bits per heavy atom. The highest BCUT2D eigenvalue weighted by molar-refractivity contribution is 8.00. The SMILES string of the molecule is O=C1CS[C@@H](c2cccc(F)c2F)c2cn[nH]c2N1. The average molecular weight is 281 g/mol. The number of nitrogens with one attached hydrogen (secondary N) is 2. The van der Waals surface area contributed by atoms with Gasteiger partial charge in [0.05, 0.1) is 17.2 Å². The van der Waals surface area contributed by atoms with E-state index >= 15 is 0 Å². The van der Waals surface area contributed by atoms with Crippen LogP contribution >= 0.6 is 11.8 Å². The van der Waals surface area contributed by atoms with Crippen molar-refractivity contribution in [2.45, 2.75) is 5.25 Å². The largest absolute Gasteiger partial charge is 0.310 e. The minimum Gasteiger partial charge on any atom is -0.310 e. The van der Waals surface area contributed by atoms with Gasteiger partial charge in [0.1, 0.15) is 5.82 Å². The molecule has 3 rings (SSSR count). The molecule has 0 saturated carbocycles. The normalized spacial score (nSPS) is 18.6. The van der Waals surface area contributed by atoms with Crippen molar-refractivity contribution in [2.24, 2.45) is 0 Å². The molecule has 0 unspecified atom stereocenters. The van der Waals surface area contributed by atoms with E-state index in [1.807, 2.05) is 0 Å². The van der Waals surface area contributed by atoms with Crippen molar-refractivity contribution in [3.05, 3.63) is 47.2 Å². The van der Waals surface area contributed by atoms with E-state index in [1.165, 1.54) is 30.1 Å². The zero-order valence-corrected chi connectivity index (χ0v) is 10.4. The van der Waals surface area contributed by atoms with Gasteiger partial charge in [0.25, 0.3) is 0 Å². The number of thioether (sulfide) groups is 1. The fourth-order valence-corrected chi connectivity index (χ4v) is 3.11. The van der Waals surface area contributed by atoms with E-state index in [-0.39, 0.29) is 17.2 Å². The first-order valence-corrected chi connectivity index (χ1v) is 6.60. The summed E-state index contributed by atoms with van der Waals surface area (Å²) >= 11 is 1.24. The number of aromatic nitrogens is 2. The third-order valence-electron chi connectivity index (χ3n) is 2.86. The lowest BCUT2D eigenvalue weighted by Gasteiger charge is -2.14. The second kappa shape index (κ2) is 4.65. The van der Waals surface area contributed by atoms with E-state index < -0.39 is 16.9 Å². The van der Waals surface area contributed by atoms with Crippen molar-refractivity contribution in [2.75, 3.05) is 11.1 Å². The minimum absolute atomic E-state index is 0.170. The lowest BCUT2D eigenvalue weighted by atomic mass is 10.1. The van der Waals surface area contributed by atoms with Crippen LogP contribution in [0.1, 0.15) is 16.4 Å². The molecule has 1 aliphatic rings. The number of H-pyrrole nitrogens is 1. The fraction of sp³-hybridized carbons (Fsp3) is 0.167. The number of carbonyl (C=O) groups excluding carboxylic acids is 1. The Hall–Kier alpha value is -1.89. The predicted octanol–water partition coefficient (Wildman–Crippen LogP) is 2.46. The number of amides is 1. The van der Waals surface area contributed by atoms with E-state index in [0.29, 0.717) is 11.4 Å². The summed E-state index contributed by atoms with van der Waals surface area (Å²) in [6.45, 7) is 0. The van der Waals surface area contributed by atoms with Crippen LogP contribution in [-0.2, 0) is 4.79 Å². The number of fused-ring (bicyclic) bond motifs is 1. The van der Waals surface area contributed by atoms with Crippen molar-refractivity contribution in [1.29, 1.82) is 0 Å². The molecular weight excluding hydrogens is 272 g/mol. The van der Waals surface area contributed by atoms with E-state index in [4.69, 9.17) is 0 Å². The molecule has 98 valence electrons. The van der Waals surface area contributed by atoms with Gasteiger partial charge in [-0.2, -0.15) is 5.10 Å². The Kier molecular flexibility index (Phi) is 2.98. The third kappa shape index (κ3) is 2.10. The van der Waals surface area contributed by atoms with Gasteiger partial charge in [-0.3, -0.25) is 9.89 Å². The number of benzene rings is 1. The van der Waals surface area contributed by atoms with Crippen molar-refractivity contribution >= 4 is 23.5 Å². The first-order chi connectivity index (χ1) is 9.16. The average Bonchev–Trinajstić information content (AvgIpc) is 2.77. The van der Waals surface area contributed by atoms with Gasteiger partial charge in [0, 0.05) is 11.1 Å². The number of carbonyl (C=O) groups is 1. The second-order valence-corrected chi connectivity index (χ2v) is 5.18. The van der Waals surface area contributed by atoms with Gasteiger partial charge >= 0.3 is 0 Å². The van der Waals surface area contributed by atoms with Crippen LogP contribution in [0.5, 0.6) is 0 Å². The van der Waals surface area contributed by atoms with Crippen LogP contribution in [0, 0.1) is 11.6 Å². The third-order valence-corrected chi connectivity index (χ3v) is 4.13. The molecule has 0 saturated heterocycles. The molecule has 0 bridgehead atoms. The van der Waals surface area contributed by atoms with E-state index in [2.05, 4.69) is 15.5 Å². The van der Waals surface area contributed by atoms with Gasteiger partial charge in [-0.05, 0) is 6.07 Å². The highest BCUT2D eigenvalue weighted by Gasteiger charge is 2.28. The lowest BCUT2D eigenvalue weighted by molar-refractivity contribution is -0.113. The van der Waals surface area contributed by atoms with E-state index in [1.54, 1.807) is 0 Å². The summed E-state index contributed by atoms with van der Waals surface area (Å²) in [5.41, 5.74) is 0.851. The maximum absolute atomic E-state index is 13.9. The Labute approximate surface area is 111 Å². The minimum atomic E-state index is -0.897. The molecular formula is C12H9F2N3OS. The van der Waals surface area contributed by atoms with Gasteiger partial charge in [0.15, 0.2) is 11.6 Å². The smallest absolute Gasteiger partial charge is 0.235 e. The number of anilines is 1. The van der Waals surface area contributed by atoms with Crippen LogP contribution in [0.4, 0.5) is 14.6 Å². The zero-order valence-electron chi connectivity index (χ0n) is 9.61. The van der Waals surface area contributed by atoms with Crippen LogP contribution in [0.25, 0.3) is 0 Å². The summed E-state index contributed by atoms with van der Waals surface area (Å²) in [5, 5.41) is 8.66. The molecule has 1 aromatic carbocycles. The van der Waals surface area contributed by atoms with Gasteiger partial charge in [-0.25, -0.2) is 8.78 Å². The highest BCUT2D eigenvalue weighted by Crippen LogP contribution is 2.41. The first kappa shape index (κ1) is 12.2. The van der Waals surface area contributed by atoms with Crippen molar-refractivity contribution in [1.82, 2.24) is 10.2 Å². The van der Waals surface area contributed by atoms with Crippen molar-refractivity contribution < 1.29 is 13.6 Å². The second-order valence-electron chi connectivity index (χ2n) is 4.08. The maximum Gasteiger partial charge on any atom is 0.235 e. The van der Waals surface area contributed by atoms with E-state index in [9.17, 15) is 13.6 Å². The Bertz CT molecular complexity index is 644.